The Balaban J connectivity index is 1.90. The van der Waals surface area contributed by atoms with Crippen LogP contribution in [-0.2, 0) is 6.54 Å². The van der Waals surface area contributed by atoms with E-state index in [1.807, 2.05) is 18.2 Å². The number of rotatable bonds is 3. The summed E-state index contributed by atoms with van der Waals surface area (Å²) in [5.74, 6) is 0.357. The molecule has 0 radical (unpaired) electrons. The first-order valence-corrected chi connectivity index (χ1v) is 7.67. The van der Waals surface area contributed by atoms with Gasteiger partial charge in [-0.1, -0.05) is 17.7 Å². The molecule has 0 saturated heterocycles. The summed E-state index contributed by atoms with van der Waals surface area (Å²) in [4.78, 5) is 8.46. The van der Waals surface area contributed by atoms with Gasteiger partial charge in [0, 0.05) is 26.1 Å². The molecule has 0 saturated carbocycles. The van der Waals surface area contributed by atoms with Gasteiger partial charge in [0.15, 0.2) is 0 Å². The van der Waals surface area contributed by atoms with Gasteiger partial charge in [-0.05, 0) is 52.9 Å². The normalized spacial score (nSPS) is 10.8. The van der Waals surface area contributed by atoms with Gasteiger partial charge in [-0.25, -0.2) is 14.4 Å². The Morgan fingerprint density at radius 1 is 1.14 bits per heavy atom. The first kappa shape index (κ1) is 14.5. The van der Waals surface area contributed by atoms with E-state index in [1.165, 1.54) is 12.4 Å². The van der Waals surface area contributed by atoms with Crippen molar-refractivity contribution in [3.05, 3.63) is 62.7 Å². The minimum Gasteiger partial charge on any atom is -0.365 e. The maximum Gasteiger partial charge on any atom is 0.137 e. The van der Waals surface area contributed by atoms with Gasteiger partial charge in [0.1, 0.15) is 18.0 Å². The molecule has 0 aliphatic heterocycles. The van der Waals surface area contributed by atoms with E-state index in [1.54, 1.807) is 12.1 Å². The number of hydrogen-bond acceptors (Lipinski definition) is 3. The largest absolute Gasteiger partial charge is 0.365 e. The molecule has 21 heavy (non-hydrogen) atoms. The third kappa shape index (κ3) is 3.24. The molecular formula is C15H10ClFIN3. The Kier molecular flexibility index (Phi) is 4.21. The highest BCUT2D eigenvalue weighted by atomic mass is 127. The molecule has 1 aromatic heterocycles. The third-order valence-corrected chi connectivity index (χ3v) is 3.96. The summed E-state index contributed by atoms with van der Waals surface area (Å²) in [5.41, 5.74) is 1.39. The number of halogens is 3. The van der Waals surface area contributed by atoms with Crippen molar-refractivity contribution in [2.75, 3.05) is 5.32 Å². The van der Waals surface area contributed by atoms with Crippen molar-refractivity contribution in [3.8, 4) is 0 Å². The van der Waals surface area contributed by atoms with Crippen LogP contribution in [0.1, 0.15) is 5.56 Å². The Labute approximate surface area is 139 Å². The molecule has 0 fully saturated rings. The number of anilines is 1. The molecule has 0 bridgehead atoms. The van der Waals surface area contributed by atoms with Crippen molar-refractivity contribution in [2.24, 2.45) is 0 Å². The van der Waals surface area contributed by atoms with Crippen LogP contribution in [0.25, 0.3) is 10.9 Å². The molecular weight excluding hydrogens is 404 g/mol. The van der Waals surface area contributed by atoms with E-state index in [-0.39, 0.29) is 5.82 Å². The molecule has 6 heteroatoms. The van der Waals surface area contributed by atoms with E-state index in [9.17, 15) is 4.39 Å². The van der Waals surface area contributed by atoms with E-state index in [2.05, 4.69) is 37.9 Å². The standard InChI is InChI=1S/C15H10ClFIN3/c16-10-2-1-9(13(17)5-10)7-19-15-12-6-11(18)3-4-14(12)20-8-21-15/h1-6,8H,7H2,(H,19,20,21). The summed E-state index contributed by atoms with van der Waals surface area (Å²) in [7, 11) is 0. The predicted molar refractivity (Wildman–Crippen MR) is 91.0 cm³/mol. The first-order chi connectivity index (χ1) is 10.1. The molecule has 1 N–H and O–H groups in total. The van der Waals surface area contributed by atoms with Crippen molar-refractivity contribution >= 4 is 50.9 Å². The summed E-state index contributed by atoms with van der Waals surface area (Å²) >= 11 is 7.98. The zero-order valence-electron chi connectivity index (χ0n) is 10.8. The summed E-state index contributed by atoms with van der Waals surface area (Å²) in [5, 5.41) is 4.46. The predicted octanol–water partition coefficient (Wildman–Crippen LogP) is 4.64. The van der Waals surface area contributed by atoms with Gasteiger partial charge in [0.25, 0.3) is 0 Å². The fourth-order valence-corrected chi connectivity index (χ4v) is 2.66. The van der Waals surface area contributed by atoms with Crippen molar-refractivity contribution in [1.82, 2.24) is 9.97 Å². The molecule has 3 aromatic rings. The van der Waals surface area contributed by atoms with Crippen LogP contribution in [0.15, 0.2) is 42.7 Å². The zero-order chi connectivity index (χ0) is 14.8. The van der Waals surface area contributed by atoms with Crippen LogP contribution in [0.5, 0.6) is 0 Å². The maximum absolute atomic E-state index is 13.8. The van der Waals surface area contributed by atoms with Crippen LogP contribution in [0.4, 0.5) is 10.2 Å². The Hall–Kier alpha value is -1.47. The van der Waals surface area contributed by atoms with Crippen molar-refractivity contribution in [1.29, 1.82) is 0 Å². The average molecular weight is 414 g/mol. The highest BCUT2D eigenvalue weighted by Crippen LogP contribution is 2.22. The summed E-state index contributed by atoms with van der Waals surface area (Å²) in [6, 6.07) is 10.6. The second kappa shape index (κ2) is 6.11. The van der Waals surface area contributed by atoms with Gasteiger partial charge in [-0.15, -0.1) is 0 Å². The van der Waals surface area contributed by atoms with Crippen molar-refractivity contribution < 1.29 is 4.39 Å². The van der Waals surface area contributed by atoms with Crippen molar-refractivity contribution in [2.45, 2.75) is 6.54 Å². The molecule has 2 aromatic carbocycles. The lowest BCUT2D eigenvalue weighted by Gasteiger charge is -2.09. The average Bonchev–Trinajstić information content (AvgIpc) is 2.46. The van der Waals surface area contributed by atoms with Crippen LogP contribution in [0.2, 0.25) is 5.02 Å². The monoisotopic (exact) mass is 413 g/mol. The fraction of sp³-hybridized carbons (Fsp3) is 0.0667. The first-order valence-electron chi connectivity index (χ1n) is 6.21. The molecule has 3 rings (SSSR count). The molecule has 0 atom stereocenters. The number of hydrogen-bond donors (Lipinski definition) is 1. The second-order valence-corrected chi connectivity index (χ2v) is 6.16. The molecule has 0 unspecified atom stereocenters. The number of nitrogens with one attached hydrogen (secondary N) is 1. The van der Waals surface area contributed by atoms with Gasteiger partial charge in [-0.3, -0.25) is 0 Å². The number of benzene rings is 2. The fourth-order valence-electron chi connectivity index (χ4n) is 2.01. The van der Waals surface area contributed by atoms with E-state index in [0.717, 1.165) is 14.5 Å². The lowest BCUT2D eigenvalue weighted by molar-refractivity contribution is 0.613. The highest BCUT2D eigenvalue weighted by Gasteiger charge is 2.06. The van der Waals surface area contributed by atoms with E-state index in [0.29, 0.717) is 22.9 Å². The SMILES string of the molecule is Fc1cc(Cl)ccc1CNc1ncnc2ccc(I)cc12. The van der Waals surface area contributed by atoms with Gasteiger partial charge in [-0.2, -0.15) is 0 Å². The van der Waals surface area contributed by atoms with Gasteiger partial charge in [0.05, 0.1) is 5.52 Å². The molecule has 0 spiro atoms. The molecule has 106 valence electrons. The van der Waals surface area contributed by atoms with Gasteiger partial charge < -0.3 is 5.32 Å². The van der Waals surface area contributed by atoms with Gasteiger partial charge >= 0.3 is 0 Å². The number of nitrogens with zero attached hydrogens (tertiary/aromatic N) is 2. The Morgan fingerprint density at radius 2 is 2.00 bits per heavy atom. The maximum atomic E-state index is 13.8. The molecule has 3 nitrogen and oxygen atoms in total. The topological polar surface area (TPSA) is 37.8 Å². The summed E-state index contributed by atoms with van der Waals surface area (Å²) < 4.78 is 14.9. The van der Waals surface area contributed by atoms with E-state index in [4.69, 9.17) is 11.6 Å². The Morgan fingerprint density at radius 3 is 2.81 bits per heavy atom. The smallest absolute Gasteiger partial charge is 0.137 e. The van der Waals surface area contributed by atoms with Crippen LogP contribution in [0.3, 0.4) is 0 Å². The highest BCUT2D eigenvalue weighted by molar-refractivity contribution is 14.1. The van der Waals surface area contributed by atoms with Crippen molar-refractivity contribution in [3.63, 3.8) is 0 Å². The quantitative estimate of drug-likeness (QED) is 0.636. The lowest BCUT2D eigenvalue weighted by Crippen LogP contribution is -2.04. The number of aromatic nitrogens is 2. The Bertz CT molecular complexity index is 810. The lowest BCUT2D eigenvalue weighted by atomic mass is 10.2. The molecule has 0 aliphatic carbocycles. The molecule has 1 heterocycles. The molecule has 0 amide bonds. The van der Waals surface area contributed by atoms with Crippen LogP contribution in [-0.4, -0.2) is 9.97 Å². The van der Waals surface area contributed by atoms with Crippen LogP contribution < -0.4 is 5.32 Å². The summed E-state index contributed by atoms with van der Waals surface area (Å²) in [6.07, 6.45) is 1.50. The third-order valence-electron chi connectivity index (χ3n) is 3.06. The van der Waals surface area contributed by atoms with E-state index >= 15 is 0 Å². The molecule has 0 aliphatic rings. The summed E-state index contributed by atoms with van der Waals surface area (Å²) in [6.45, 7) is 0.334. The van der Waals surface area contributed by atoms with E-state index < -0.39 is 0 Å². The van der Waals surface area contributed by atoms with Crippen LogP contribution in [0, 0.1) is 9.39 Å². The second-order valence-electron chi connectivity index (χ2n) is 4.47. The van der Waals surface area contributed by atoms with Gasteiger partial charge in [0.2, 0.25) is 0 Å². The zero-order valence-corrected chi connectivity index (χ0v) is 13.7. The number of fused-ring (bicyclic) bond motifs is 1. The van der Waals surface area contributed by atoms with Crippen LogP contribution >= 0.6 is 34.2 Å². The minimum absolute atomic E-state index is 0.331. The minimum atomic E-state index is -0.331.